The molecular weight excluding hydrogens is 356 g/mol. The number of ether oxygens (including phenoxy) is 3. The quantitative estimate of drug-likeness (QED) is 0.330. The Balaban J connectivity index is 1.90. The first-order valence-electron chi connectivity index (χ1n) is 9.69. The molecular formula is C21H30N4O3. The Morgan fingerprint density at radius 1 is 1.11 bits per heavy atom. The van der Waals surface area contributed by atoms with Crippen LogP contribution in [0.4, 0.5) is 0 Å². The van der Waals surface area contributed by atoms with Gasteiger partial charge in [0.25, 0.3) is 0 Å². The van der Waals surface area contributed by atoms with Crippen LogP contribution < -0.4 is 20.5 Å². The molecule has 0 radical (unpaired) electrons. The summed E-state index contributed by atoms with van der Waals surface area (Å²) in [6.45, 7) is 7.28. The molecule has 1 aromatic carbocycles. The fraction of sp³-hybridized carbons (Fsp3) is 0.429. The lowest BCUT2D eigenvalue weighted by atomic mass is 10.2. The van der Waals surface area contributed by atoms with Crippen LogP contribution in [0.15, 0.2) is 47.6 Å². The maximum Gasteiger partial charge on any atom is 0.224 e. The Morgan fingerprint density at radius 3 is 2.64 bits per heavy atom. The second-order valence-electron chi connectivity index (χ2n) is 6.07. The molecule has 0 aliphatic rings. The summed E-state index contributed by atoms with van der Waals surface area (Å²) in [6, 6.07) is 11.3. The minimum absolute atomic E-state index is 0.380. The first kappa shape index (κ1) is 21.5. The van der Waals surface area contributed by atoms with Crippen LogP contribution in [0.5, 0.6) is 17.4 Å². The van der Waals surface area contributed by atoms with Gasteiger partial charge < -0.3 is 25.3 Å². The molecule has 28 heavy (non-hydrogen) atoms. The third-order valence-corrected chi connectivity index (χ3v) is 3.76. The summed E-state index contributed by atoms with van der Waals surface area (Å²) in [5.41, 5.74) is 6.77. The molecule has 0 amide bonds. The number of nitrogens with two attached hydrogens (primary N) is 1. The number of hydrogen-bond acceptors (Lipinski definition) is 5. The Bertz CT molecular complexity index is 720. The van der Waals surface area contributed by atoms with E-state index in [-0.39, 0.29) is 0 Å². The molecule has 2 rings (SSSR count). The van der Waals surface area contributed by atoms with Crippen LogP contribution in [0.1, 0.15) is 32.3 Å². The Kier molecular flexibility index (Phi) is 9.65. The number of hydrogen-bond donors (Lipinski definition) is 2. The lowest BCUT2D eigenvalue weighted by molar-refractivity contribution is 0.145. The molecule has 0 unspecified atom stereocenters. The van der Waals surface area contributed by atoms with E-state index in [0.29, 0.717) is 37.3 Å². The van der Waals surface area contributed by atoms with Crippen LogP contribution in [0.25, 0.3) is 0 Å². The molecule has 1 heterocycles. The molecule has 0 atom stereocenters. The average molecular weight is 386 g/mol. The summed E-state index contributed by atoms with van der Waals surface area (Å²) in [7, 11) is 0. The average Bonchev–Trinajstić information content (AvgIpc) is 2.72. The summed E-state index contributed by atoms with van der Waals surface area (Å²) >= 11 is 0. The molecule has 3 N–H and O–H groups in total. The van der Waals surface area contributed by atoms with Crippen molar-refractivity contribution in [2.24, 2.45) is 10.7 Å². The number of guanidine groups is 1. The van der Waals surface area contributed by atoms with Gasteiger partial charge in [0.05, 0.1) is 13.2 Å². The Morgan fingerprint density at radius 2 is 1.89 bits per heavy atom. The number of pyridine rings is 1. The smallest absolute Gasteiger partial charge is 0.224 e. The van der Waals surface area contributed by atoms with Crippen molar-refractivity contribution in [1.82, 2.24) is 10.3 Å². The van der Waals surface area contributed by atoms with E-state index in [0.717, 1.165) is 37.3 Å². The number of rotatable bonds is 12. The van der Waals surface area contributed by atoms with Crippen molar-refractivity contribution in [2.45, 2.75) is 33.2 Å². The summed E-state index contributed by atoms with van der Waals surface area (Å²) in [6.07, 6.45) is 3.54. The molecule has 2 aromatic rings. The minimum Gasteiger partial charge on any atom is -0.494 e. The highest BCUT2D eigenvalue weighted by Crippen LogP contribution is 2.25. The van der Waals surface area contributed by atoms with Crippen molar-refractivity contribution < 1.29 is 14.2 Å². The highest BCUT2D eigenvalue weighted by Gasteiger charge is 2.06. The van der Waals surface area contributed by atoms with E-state index in [2.05, 4.69) is 22.2 Å². The van der Waals surface area contributed by atoms with E-state index in [9.17, 15) is 0 Å². The van der Waals surface area contributed by atoms with E-state index in [1.807, 2.05) is 43.3 Å². The van der Waals surface area contributed by atoms with Crippen molar-refractivity contribution in [1.29, 1.82) is 0 Å². The van der Waals surface area contributed by atoms with Crippen LogP contribution >= 0.6 is 0 Å². The zero-order valence-corrected chi connectivity index (χ0v) is 16.7. The van der Waals surface area contributed by atoms with Gasteiger partial charge in [-0.1, -0.05) is 13.0 Å². The van der Waals surface area contributed by atoms with Gasteiger partial charge in [-0.15, -0.1) is 0 Å². The summed E-state index contributed by atoms with van der Waals surface area (Å²) < 4.78 is 16.8. The molecule has 7 heteroatoms. The standard InChI is InChI=1S/C21H30N4O3/c1-3-14-27-18-8-10-19(11-9-18)28-20-17(7-5-12-23-20)16-25-21(22)24-13-6-15-26-4-2/h5,7-12H,3-4,6,13-16H2,1-2H3,(H3,22,24,25). The van der Waals surface area contributed by atoms with Crippen LogP contribution in [0.2, 0.25) is 0 Å². The fourth-order valence-corrected chi connectivity index (χ4v) is 2.33. The minimum atomic E-state index is 0.380. The van der Waals surface area contributed by atoms with Gasteiger partial charge in [0, 0.05) is 31.5 Å². The SMILES string of the molecule is CCCOc1ccc(Oc2ncccc2CN=C(N)NCCCOCC)cc1. The molecule has 0 bridgehead atoms. The predicted molar refractivity (Wildman–Crippen MR) is 111 cm³/mol. The zero-order valence-electron chi connectivity index (χ0n) is 16.7. The van der Waals surface area contributed by atoms with Crippen molar-refractivity contribution in [3.05, 3.63) is 48.2 Å². The number of nitrogens with zero attached hydrogens (tertiary/aromatic N) is 2. The molecule has 152 valence electrons. The van der Waals surface area contributed by atoms with E-state index >= 15 is 0 Å². The Hall–Kier alpha value is -2.80. The molecule has 0 saturated carbocycles. The molecule has 0 aliphatic carbocycles. The monoisotopic (exact) mass is 386 g/mol. The first-order chi connectivity index (χ1) is 13.7. The Labute approximate surface area is 166 Å². The first-order valence-corrected chi connectivity index (χ1v) is 9.69. The van der Waals surface area contributed by atoms with Gasteiger partial charge in [0.1, 0.15) is 11.5 Å². The van der Waals surface area contributed by atoms with Crippen LogP contribution in [0, 0.1) is 0 Å². The highest BCUT2D eigenvalue weighted by molar-refractivity contribution is 5.77. The van der Waals surface area contributed by atoms with E-state index in [1.165, 1.54) is 0 Å². The predicted octanol–water partition coefficient (Wildman–Crippen LogP) is 3.49. The molecule has 0 aliphatic heterocycles. The van der Waals surface area contributed by atoms with Gasteiger partial charge in [0.2, 0.25) is 5.88 Å². The van der Waals surface area contributed by atoms with E-state index in [4.69, 9.17) is 19.9 Å². The van der Waals surface area contributed by atoms with Gasteiger partial charge >= 0.3 is 0 Å². The van der Waals surface area contributed by atoms with Gasteiger partial charge in [-0.25, -0.2) is 9.98 Å². The largest absolute Gasteiger partial charge is 0.494 e. The van der Waals surface area contributed by atoms with Gasteiger partial charge in [-0.3, -0.25) is 0 Å². The number of aliphatic imine (C=N–C) groups is 1. The lowest BCUT2D eigenvalue weighted by Crippen LogP contribution is -2.32. The van der Waals surface area contributed by atoms with Crippen molar-refractivity contribution in [3.8, 4) is 17.4 Å². The van der Waals surface area contributed by atoms with Crippen LogP contribution in [-0.2, 0) is 11.3 Å². The van der Waals surface area contributed by atoms with Crippen LogP contribution in [0.3, 0.4) is 0 Å². The fourth-order valence-electron chi connectivity index (χ4n) is 2.33. The number of benzene rings is 1. The maximum absolute atomic E-state index is 5.92. The van der Waals surface area contributed by atoms with Gasteiger partial charge in [0.15, 0.2) is 5.96 Å². The van der Waals surface area contributed by atoms with Gasteiger partial charge in [-0.05, 0) is 50.1 Å². The van der Waals surface area contributed by atoms with Gasteiger partial charge in [-0.2, -0.15) is 0 Å². The summed E-state index contributed by atoms with van der Waals surface area (Å²) in [5.74, 6) is 2.42. The second-order valence-corrected chi connectivity index (χ2v) is 6.07. The molecule has 1 aromatic heterocycles. The van der Waals surface area contributed by atoms with Crippen LogP contribution in [-0.4, -0.2) is 37.3 Å². The maximum atomic E-state index is 5.92. The third kappa shape index (κ3) is 7.84. The number of aromatic nitrogens is 1. The molecule has 7 nitrogen and oxygen atoms in total. The van der Waals surface area contributed by atoms with Crippen molar-refractivity contribution >= 4 is 5.96 Å². The van der Waals surface area contributed by atoms with Crippen molar-refractivity contribution in [2.75, 3.05) is 26.4 Å². The molecule has 0 saturated heterocycles. The van der Waals surface area contributed by atoms with E-state index < -0.39 is 0 Å². The summed E-state index contributed by atoms with van der Waals surface area (Å²) in [4.78, 5) is 8.68. The second kappa shape index (κ2) is 12.6. The topological polar surface area (TPSA) is 91.0 Å². The molecule has 0 fully saturated rings. The third-order valence-electron chi connectivity index (χ3n) is 3.76. The summed E-state index contributed by atoms with van der Waals surface area (Å²) in [5, 5.41) is 3.08. The zero-order chi connectivity index (χ0) is 20.0. The highest BCUT2D eigenvalue weighted by atomic mass is 16.5. The van der Waals surface area contributed by atoms with E-state index in [1.54, 1.807) is 6.20 Å². The number of nitrogens with one attached hydrogen (secondary N) is 1. The normalized spacial score (nSPS) is 11.3. The lowest BCUT2D eigenvalue weighted by Gasteiger charge is -2.10. The van der Waals surface area contributed by atoms with Crippen molar-refractivity contribution in [3.63, 3.8) is 0 Å². The molecule has 0 spiro atoms.